The second-order valence-corrected chi connectivity index (χ2v) is 8.78. The number of fused-ring (bicyclic) bond motifs is 1. The van der Waals surface area contributed by atoms with Crippen LogP contribution in [0.25, 0.3) is 0 Å². The van der Waals surface area contributed by atoms with Crippen molar-refractivity contribution in [1.29, 1.82) is 0 Å². The highest BCUT2D eigenvalue weighted by Crippen LogP contribution is 2.23. The zero-order valence-electron chi connectivity index (χ0n) is 17.7. The van der Waals surface area contributed by atoms with E-state index in [9.17, 15) is 4.79 Å². The smallest absolute Gasteiger partial charge is 0.227 e. The molecule has 2 heterocycles. The number of hydrogen-bond donors (Lipinski definition) is 1. The Balaban J connectivity index is 1.44. The Morgan fingerprint density at radius 1 is 1.10 bits per heavy atom. The molecule has 1 N–H and O–H groups in total. The second-order valence-electron chi connectivity index (χ2n) is 8.78. The number of rotatable bonds is 5. The van der Waals surface area contributed by atoms with Crippen molar-refractivity contribution in [1.82, 2.24) is 15.1 Å². The number of nitrogens with one attached hydrogen (secondary N) is 1. The van der Waals surface area contributed by atoms with Crippen molar-refractivity contribution in [3.05, 3.63) is 70.8 Å². The van der Waals surface area contributed by atoms with E-state index in [1.807, 2.05) is 0 Å². The van der Waals surface area contributed by atoms with Crippen LogP contribution in [0.15, 0.2) is 48.5 Å². The minimum atomic E-state index is 0.279. The SMILES string of the molecule is CC(C)[C@H]1CN(Cc2ccccc2)CCN1C(=O)Cc1cccc2c1CCNC2. The molecule has 0 radical (unpaired) electrons. The Morgan fingerprint density at radius 3 is 2.72 bits per heavy atom. The van der Waals surface area contributed by atoms with Crippen LogP contribution in [-0.2, 0) is 30.7 Å². The molecule has 1 amide bonds. The Labute approximate surface area is 174 Å². The third kappa shape index (κ3) is 4.71. The van der Waals surface area contributed by atoms with Gasteiger partial charge in [0.25, 0.3) is 0 Å². The molecule has 1 saturated heterocycles. The highest BCUT2D eigenvalue weighted by Gasteiger charge is 2.32. The number of hydrogen-bond acceptors (Lipinski definition) is 3. The minimum Gasteiger partial charge on any atom is -0.337 e. The van der Waals surface area contributed by atoms with Crippen LogP contribution in [0.4, 0.5) is 0 Å². The van der Waals surface area contributed by atoms with Gasteiger partial charge in [0, 0.05) is 38.8 Å². The maximum Gasteiger partial charge on any atom is 0.227 e. The third-order valence-corrected chi connectivity index (χ3v) is 6.42. The van der Waals surface area contributed by atoms with Crippen molar-refractivity contribution in [3.63, 3.8) is 0 Å². The van der Waals surface area contributed by atoms with Crippen molar-refractivity contribution in [2.75, 3.05) is 26.2 Å². The molecule has 0 bridgehead atoms. The molecule has 29 heavy (non-hydrogen) atoms. The quantitative estimate of drug-likeness (QED) is 0.850. The zero-order valence-corrected chi connectivity index (χ0v) is 17.7. The Bertz CT molecular complexity index is 833. The molecular weight excluding hydrogens is 358 g/mol. The first kappa shape index (κ1) is 20.1. The molecule has 4 rings (SSSR count). The summed E-state index contributed by atoms with van der Waals surface area (Å²) in [5, 5.41) is 3.43. The van der Waals surface area contributed by atoms with E-state index < -0.39 is 0 Å². The molecule has 154 valence electrons. The summed E-state index contributed by atoms with van der Waals surface area (Å²) >= 11 is 0. The molecule has 0 unspecified atom stereocenters. The predicted octanol–water partition coefficient (Wildman–Crippen LogP) is 3.24. The van der Waals surface area contributed by atoms with Crippen LogP contribution in [0, 0.1) is 5.92 Å². The average Bonchev–Trinajstić information content (AvgIpc) is 2.74. The van der Waals surface area contributed by atoms with E-state index in [4.69, 9.17) is 0 Å². The summed E-state index contributed by atoms with van der Waals surface area (Å²) in [4.78, 5) is 18.0. The van der Waals surface area contributed by atoms with Crippen LogP contribution < -0.4 is 5.32 Å². The van der Waals surface area contributed by atoms with E-state index in [0.29, 0.717) is 12.3 Å². The van der Waals surface area contributed by atoms with Gasteiger partial charge in [0.2, 0.25) is 5.91 Å². The number of carbonyl (C=O) groups is 1. The van der Waals surface area contributed by atoms with Gasteiger partial charge < -0.3 is 10.2 Å². The molecule has 0 aromatic heterocycles. The zero-order chi connectivity index (χ0) is 20.2. The lowest BCUT2D eigenvalue weighted by Crippen LogP contribution is -2.57. The normalized spacial score (nSPS) is 20.0. The van der Waals surface area contributed by atoms with Crippen LogP contribution >= 0.6 is 0 Å². The largest absolute Gasteiger partial charge is 0.337 e. The van der Waals surface area contributed by atoms with Gasteiger partial charge in [0.15, 0.2) is 0 Å². The van der Waals surface area contributed by atoms with Gasteiger partial charge in [-0.3, -0.25) is 9.69 Å². The van der Waals surface area contributed by atoms with Crippen LogP contribution in [0.3, 0.4) is 0 Å². The Morgan fingerprint density at radius 2 is 1.93 bits per heavy atom. The Hall–Kier alpha value is -2.17. The first-order valence-electron chi connectivity index (χ1n) is 11.0. The Kier molecular flexibility index (Phi) is 6.31. The van der Waals surface area contributed by atoms with Crippen molar-refractivity contribution < 1.29 is 4.79 Å². The highest BCUT2D eigenvalue weighted by atomic mass is 16.2. The fourth-order valence-electron chi connectivity index (χ4n) is 4.78. The molecule has 2 aromatic carbocycles. The van der Waals surface area contributed by atoms with Crippen LogP contribution in [-0.4, -0.2) is 47.9 Å². The van der Waals surface area contributed by atoms with Crippen molar-refractivity contribution >= 4 is 5.91 Å². The topological polar surface area (TPSA) is 35.6 Å². The fourth-order valence-corrected chi connectivity index (χ4v) is 4.78. The third-order valence-electron chi connectivity index (χ3n) is 6.42. The van der Waals surface area contributed by atoms with Crippen molar-refractivity contribution in [2.24, 2.45) is 5.92 Å². The lowest BCUT2D eigenvalue weighted by molar-refractivity contribution is -0.136. The summed E-state index contributed by atoms with van der Waals surface area (Å²) in [5.41, 5.74) is 5.32. The summed E-state index contributed by atoms with van der Waals surface area (Å²) in [5.74, 6) is 0.737. The van der Waals surface area contributed by atoms with Crippen LogP contribution in [0.5, 0.6) is 0 Å². The van der Waals surface area contributed by atoms with Crippen molar-refractivity contribution in [3.8, 4) is 0 Å². The summed E-state index contributed by atoms with van der Waals surface area (Å²) in [6, 6.07) is 17.4. The molecule has 0 saturated carbocycles. The molecule has 1 fully saturated rings. The summed E-state index contributed by atoms with van der Waals surface area (Å²) < 4.78 is 0. The molecule has 4 nitrogen and oxygen atoms in total. The lowest BCUT2D eigenvalue weighted by atomic mass is 9.92. The first-order valence-corrected chi connectivity index (χ1v) is 11.0. The number of nitrogens with zero attached hydrogens (tertiary/aromatic N) is 2. The van der Waals surface area contributed by atoms with E-state index in [0.717, 1.165) is 45.7 Å². The highest BCUT2D eigenvalue weighted by molar-refractivity contribution is 5.80. The molecular formula is C25H33N3O. The van der Waals surface area contributed by atoms with E-state index in [1.165, 1.54) is 22.3 Å². The maximum absolute atomic E-state index is 13.3. The molecule has 2 aromatic rings. The summed E-state index contributed by atoms with van der Waals surface area (Å²) in [7, 11) is 0. The summed E-state index contributed by atoms with van der Waals surface area (Å²) in [6.45, 7) is 10.1. The van der Waals surface area contributed by atoms with E-state index in [-0.39, 0.29) is 11.9 Å². The second kappa shape index (κ2) is 9.10. The first-order chi connectivity index (χ1) is 14.1. The standard InChI is InChI=1S/C25H33N3O/c1-19(2)24-18-27(17-20-7-4-3-5-8-20)13-14-28(24)25(29)15-21-9-6-10-22-16-26-12-11-23(21)22/h3-10,19,24,26H,11-18H2,1-2H3/t24-/m1/s1. The van der Waals surface area contributed by atoms with Gasteiger partial charge in [-0.2, -0.15) is 0 Å². The predicted molar refractivity (Wildman–Crippen MR) is 118 cm³/mol. The van der Waals surface area contributed by atoms with E-state index in [1.54, 1.807) is 0 Å². The molecule has 4 heteroatoms. The number of piperazine rings is 1. The lowest BCUT2D eigenvalue weighted by Gasteiger charge is -2.43. The molecule has 2 aliphatic rings. The molecule has 0 spiro atoms. The number of benzene rings is 2. The monoisotopic (exact) mass is 391 g/mol. The van der Waals surface area contributed by atoms with Gasteiger partial charge in [0.05, 0.1) is 6.42 Å². The summed E-state index contributed by atoms with van der Waals surface area (Å²) in [6.07, 6.45) is 1.56. The number of amides is 1. The molecule has 2 aliphatic heterocycles. The van der Waals surface area contributed by atoms with Gasteiger partial charge in [-0.1, -0.05) is 62.4 Å². The minimum absolute atomic E-state index is 0.279. The fraction of sp³-hybridized carbons (Fsp3) is 0.480. The van der Waals surface area contributed by atoms with Crippen LogP contribution in [0.1, 0.15) is 36.1 Å². The maximum atomic E-state index is 13.3. The van der Waals surface area contributed by atoms with Gasteiger partial charge in [-0.15, -0.1) is 0 Å². The van der Waals surface area contributed by atoms with Gasteiger partial charge in [-0.25, -0.2) is 0 Å². The average molecular weight is 392 g/mol. The van der Waals surface area contributed by atoms with Gasteiger partial charge >= 0.3 is 0 Å². The number of carbonyl (C=O) groups excluding carboxylic acids is 1. The molecule has 0 aliphatic carbocycles. The van der Waals surface area contributed by atoms with Crippen LogP contribution in [0.2, 0.25) is 0 Å². The van der Waals surface area contributed by atoms with Gasteiger partial charge in [-0.05, 0) is 41.1 Å². The van der Waals surface area contributed by atoms with E-state index >= 15 is 0 Å². The van der Waals surface area contributed by atoms with Crippen molar-refractivity contribution in [2.45, 2.75) is 45.8 Å². The van der Waals surface area contributed by atoms with Gasteiger partial charge in [0.1, 0.15) is 0 Å². The molecule has 1 atom stereocenters. The van der Waals surface area contributed by atoms with E-state index in [2.05, 4.69) is 77.5 Å².